The fourth-order valence-corrected chi connectivity index (χ4v) is 1.19. The summed E-state index contributed by atoms with van der Waals surface area (Å²) >= 11 is 0. The van der Waals surface area contributed by atoms with Crippen LogP contribution >= 0.6 is 0 Å². The van der Waals surface area contributed by atoms with Crippen molar-refractivity contribution in [2.45, 2.75) is 19.5 Å². The first-order chi connectivity index (χ1) is 8.47. The highest BCUT2D eigenvalue weighted by molar-refractivity contribution is 5.92. The van der Waals surface area contributed by atoms with E-state index in [1.165, 1.54) is 24.3 Å². The third-order valence-corrected chi connectivity index (χ3v) is 1.91. The molecule has 98 valence electrons. The zero-order valence-electron chi connectivity index (χ0n) is 9.23. The van der Waals surface area contributed by atoms with Crippen LogP contribution in [0.2, 0.25) is 0 Å². The summed E-state index contributed by atoms with van der Waals surface area (Å²) in [5.74, 6) is -1.67. The van der Waals surface area contributed by atoms with Crippen molar-refractivity contribution < 1.29 is 28.2 Å². The number of carbonyl (C=O) groups is 2. The van der Waals surface area contributed by atoms with Gasteiger partial charge in [-0.2, -0.15) is 8.78 Å². The predicted molar refractivity (Wildman–Crippen MR) is 58.6 cm³/mol. The average molecular weight is 259 g/mol. The molecule has 0 saturated heterocycles. The molecule has 1 aromatic rings. The smallest absolute Gasteiger partial charge is 0.387 e. The van der Waals surface area contributed by atoms with Gasteiger partial charge in [0, 0.05) is 18.2 Å². The van der Waals surface area contributed by atoms with Gasteiger partial charge in [-0.05, 0) is 12.1 Å². The van der Waals surface area contributed by atoms with Gasteiger partial charge in [0.25, 0.3) is 0 Å². The highest BCUT2D eigenvalue weighted by Gasteiger charge is 2.08. The number of aliphatic carboxylic acids is 1. The Kier molecular flexibility index (Phi) is 5.04. The fraction of sp³-hybridized carbons (Fsp3) is 0.273. The number of carboxylic acids is 1. The number of ether oxygens (including phenoxy) is 1. The Morgan fingerprint density at radius 1 is 1.33 bits per heavy atom. The van der Waals surface area contributed by atoms with Crippen LogP contribution in [0.5, 0.6) is 5.75 Å². The van der Waals surface area contributed by atoms with Crippen molar-refractivity contribution in [2.24, 2.45) is 0 Å². The van der Waals surface area contributed by atoms with Gasteiger partial charge in [0.15, 0.2) is 0 Å². The summed E-state index contributed by atoms with van der Waals surface area (Å²) in [4.78, 5) is 21.5. The van der Waals surface area contributed by atoms with Gasteiger partial charge in [0.05, 0.1) is 6.42 Å². The second-order valence-electron chi connectivity index (χ2n) is 3.35. The highest BCUT2D eigenvalue weighted by atomic mass is 19.3. The van der Waals surface area contributed by atoms with E-state index >= 15 is 0 Å². The summed E-state index contributed by atoms with van der Waals surface area (Å²) in [6.07, 6.45) is -0.478. The minimum Gasteiger partial charge on any atom is -0.481 e. The van der Waals surface area contributed by atoms with Crippen LogP contribution in [0.25, 0.3) is 0 Å². The maximum atomic E-state index is 11.9. The SMILES string of the molecule is O=C(O)CCC(=O)Nc1cccc(OC(F)F)c1. The molecule has 0 aliphatic carbocycles. The average Bonchev–Trinajstić information content (AvgIpc) is 2.26. The third kappa shape index (κ3) is 5.24. The van der Waals surface area contributed by atoms with Crippen molar-refractivity contribution in [3.05, 3.63) is 24.3 Å². The summed E-state index contributed by atoms with van der Waals surface area (Å²) in [7, 11) is 0. The largest absolute Gasteiger partial charge is 0.481 e. The van der Waals surface area contributed by atoms with Crippen LogP contribution in [0, 0.1) is 0 Å². The Bertz CT molecular complexity index is 437. The van der Waals surface area contributed by atoms with Crippen LogP contribution in [0.3, 0.4) is 0 Å². The molecule has 1 amide bonds. The van der Waals surface area contributed by atoms with Gasteiger partial charge in [0.1, 0.15) is 5.75 Å². The van der Waals surface area contributed by atoms with Crippen LogP contribution in [0.1, 0.15) is 12.8 Å². The minimum atomic E-state index is -2.94. The lowest BCUT2D eigenvalue weighted by Crippen LogP contribution is -2.13. The molecule has 0 unspecified atom stereocenters. The molecule has 7 heteroatoms. The number of halogens is 2. The number of carbonyl (C=O) groups excluding carboxylic acids is 1. The molecular formula is C11H11F2NO4. The molecule has 1 rings (SSSR count). The van der Waals surface area contributed by atoms with Crippen molar-refractivity contribution in [1.82, 2.24) is 0 Å². The van der Waals surface area contributed by atoms with Gasteiger partial charge in [-0.1, -0.05) is 6.07 Å². The molecule has 0 aromatic heterocycles. The van der Waals surface area contributed by atoms with Gasteiger partial charge in [-0.15, -0.1) is 0 Å². The van der Waals surface area contributed by atoms with E-state index in [1.54, 1.807) is 0 Å². The summed E-state index contributed by atoms with van der Waals surface area (Å²) in [6.45, 7) is -2.94. The Morgan fingerprint density at radius 3 is 2.67 bits per heavy atom. The lowest BCUT2D eigenvalue weighted by atomic mass is 10.2. The number of alkyl halides is 2. The van der Waals surface area contributed by atoms with Gasteiger partial charge in [-0.3, -0.25) is 9.59 Å². The molecular weight excluding hydrogens is 248 g/mol. The van der Waals surface area contributed by atoms with Gasteiger partial charge < -0.3 is 15.2 Å². The Hall–Kier alpha value is -2.18. The van der Waals surface area contributed by atoms with Crippen molar-refractivity contribution >= 4 is 17.6 Å². The first kappa shape index (κ1) is 13.9. The molecule has 0 heterocycles. The first-order valence-electron chi connectivity index (χ1n) is 5.04. The molecule has 0 atom stereocenters. The predicted octanol–water partition coefficient (Wildman–Crippen LogP) is 2.09. The maximum absolute atomic E-state index is 11.9. The zero-order chi connectivity index (χ0) is 13.5. The Labute approximate surface area is 101 Å². The number of anilines is 1. The molecule has 0 aliphatic heterocycles. The van der Waals surface area contributed by atoms with Gasteiger partial charge >= 0.3 is 12.6 Å². The molecule has 0 aliphatic rings. The molecule has 0 radical (unpaired) electrons. The van der Waals surface area contributed by atoms with Crippen molar-refractivity contribution in [1.29, 1.82) is 0 Å². The van der Waals surface area contributed by atoms with E-state index in [1.807, 2.05) is 0 Å². The fourth-order valence-electron chi connectivity index (χ4n) is 1.19. The van der Waals surface area contributed by atoms with E-state index < -0.39 is 18.5 Å². The monoisotopic (exact) mass is 259 g/mol. The van der Waals surface area contributed by atoms with Crippen LogP contribution in [-0.4, -0.2) is 23.6 Å². The van der Waals surface area contributed by atoms with Crippen LogP contribution in [0.4, 0.5) is 14.5 Å². The molecule has 0 spiro atoms. The van der Waals surface area contributed by atoms with Crippen molar-refractivity contribution in [3.63, 3.8) is 0 Å². The second kappa shape index (κ2) is 6.53. The number of hydrogen-bond acceptors (Lipinski definition) is 3. The number of nitrogens with one attached hydrogen (secondary N) is 1. The summed E-state index contributed by atoms with van der Waals surface area (Å²) in [5.41, 5.74) is 0.267. The molecule has 0 fully saturated rings. The van der Waals surface area contributed by atoms with Crippen LogP contribution in [-0.2, 0) is 9.59 Å². The third-order valence-electron chi connectivity index (χ3n) is 1.91. The van der Waals surface area contributed by atoms with E-state index in [4.69, 9.17) is 5.11 Å². The lowest BCUT2D eigenvalue weighted by molar-refractivity contribution is -0.138. The molecule has 5 nitrogen and oxygen atoms in total. The minimum absolute atomic E-state index is 0.0824. The van der Waals surface area contributed by atoms with E-state index in [0.717, 1.165) is 0 Å². The normalized spacial score (nSPS) is 10.2. The topological polar surface area (TPSA) is 75.6 Å². The standard InChI is InChI=1S/C11H11F2NO4/c12-11(13)18-8-3-1-2-7(6-8)14-9(15)4-5-10(16)17/h1-3,6,11H,4-5H2,(H,14,15)(H,16,17). The van der Waals surface area contributed by atoms with Gasteiger partial charge in [-0.25, -0.2) is 0 Å². The Balaban J connectivity index is 2.56. The maximum Gasteiger partial charge on any atom is 0.387 e. The number of rotatable bonds is 6. The first-order valence-corrected chi connectivity index (χ1v) is 5.04. The number of hydrogen-bond donors (Lipinski definition) is 2. The number of amides is 1. The van der Waals surface area contributed by atoms with E-state index in [0.29, 0.717) is 0 Å². The second-order valence-corrected chi connectivity index (χ2v) is 3.35. The highest BCUT2D eigenvalue weighted by Crippen LogP contribution is 2.19. The number of carboxylic acid groups (broad SMARTS) is 1. The molecule has 1 aromatic carbocycles. The van der Waals surface area contributed by atoms with Crippen molar-refractivity contribution in [2.75, 3.05) is 5.32 Å². The quantitative estimate of drug-likeness (QED) is 0.820. The van der Waals surface area contributed by atoms with E-state index in [9.17, 15) is 18.4 Å². The summed E-state index contributed by atoms with van der Waals surface area (Å²) < 4.78 is 28.1. The molecule has 18 heavy (non-hydrogen) atoms. The van der Waals surface area contributed by atoms with E-state index in [2.05, 4.69) is 10.1 Å². The van der Waals surface area contributed by atoms with Crippen LogP contribution < -0.4 is 10.1 Å². The number of benzene rings is 1. The summed E-state index contributed by atoms with van der Waals surface area (Å²) in [6, 6.07) is 5.46. The molecule has 0 bridgehead atoms. The Morgan fingerprint density at radius 2 is 2.06 bits per heavy atom. The van der Waals surface area contributed by atoms with Gasteiger partial charge in [0.2, 0.25) is 5.91 Å². The molecule has 0 saturated carbocycles. The molecule has 2 N–H and O–H groups in total. The lowest BCUT2D eigenvalue weighted by Gasteiger charge is -2.07. The van der Waals surface area contributed by atoms with E-state index in [-0.39, 0.29) is 24.3 Å². The zero-order valence-corrected chi connectivity index (χ0v) is 9.23. The van der Waals surface area contributed by atoms with Crippen molar-refractivity contribution in [3.8, 4) is 5.75 Å². The van der Waals surface area contributed by atoms with Crippen LogP contribution in [0.15, 0.2) is 24.3 Å². The summed E-state index contributed by atoms with van der Waals surface area (Å²) in [5, 5.41) is 10.8.